The quantitative estimate of drug-likeness (QED) is 0.297. The third-order valence-electron chi connectivity index (χ3n) is 3.77. The van der Waals surface area contributed by atoms with Gasteiger partial charge in [-0.2, -0.15) is 0 Å². The maximum atomic E-state index is 12.1. The predicted molar refractivity (Wildman–Crippen MR) is 110 cm³/mol. The van der Waals surface area contributed by atoms with Crippen molar-refractivity contribution in [3.8, 4) is 0 Å². The molecule has 0 radical (unpaired) electrons. The Morgan fingerprint density at radius 2 is 1.88 bits per heavy atom. The van der Waals surface area contributed by atoms with Gasteiger partial charge in [-0.1, -0.05) is 6.07 Å². The van der Waals surface area contributed by atoms with Crippen molar-refractivity contribution >= 4 is 27.3 Å². The van der Waals surface area contributed by atoms with Crippen molar-refractivity contribution in [2.75, 3.05) is 32.7 Å². The van der Waals surface area contributed by atoms with E-state index in [1.807, 2.05) is 6.92 Å². The standard InChI is InChI=1S/C17H33N5O2S2/c1-6-18-17(20-11-12-22(14(2)3)15(4)5)19-9-10-21-26(23,24)16-8-7-13-25-16/h7-8,13-15,21H,6,9-12H2,1-5H3,(H2,18,19,20). The molecular formula is C17H33N5O2S2. The van der Waals surface area contributed by atoms with Crippen molar-refractivity contribution in [3.63, 3.8) is 0 Å². The van der Waals surface area contributed by atoms with Crippen LogP contribution in [0.1, 0.15) is 34.6 Å². The molecule has 1 aromatic heterocycles. The molecule has 7 nitrogen and oxygen atoms in total. The van der Waals surface area contributed by atoms with E-state index in [0.29, 0.717) is 28.8 Å². The molecular weight excluding hydrogens is 370 g/mol. The fourth-order valence-electron chi connectivity index (χ4n) is 2.59. The third kappa shape index (κ3) is 8.03. The zero-order valence-corrected chi connectivity index (χ0v) is 18.1. The van der Waals surface area contributed by atoms with Crippen molar-refractivity contribution < 1.29 is 8.42 Å². The van der Waals surface area contributed by atoms with E-state index in [0.717, 1.165) is 19.6 Å². The van der Waals surface area contributed by atoms with Gasteiger partial charge in [-0.05, 0) is 46.1 Å². The van der Waals surface area contributed by atoms with Crippen LogP contribution in [0.2, 0.25) is 0 Å². The summed E-state index contributed by atoms with van der Waals surface area (Å²) < 4.78 is 27.0. The molecule has 0 unspecified atom stereocenters. The van der Waals surface area contributed by atoms with Crippen LogP contribution in [-0.4, -0.2) is 64.1 Å². The van der Waals surface area contributed by atoms with Gasteiger partial charge in [-0.15, -0.1) is 11.3 Å². The minimum Gasteiger partial charge on any atom is -0.357 e. The zero-order chi connectivity index (χ0) is 19.6. The van der Waals surface area contributed by atoms with E-state index in [1.165, 1.54) is 11.3 Å². The molecule has 0 aliphatic heterocycles. The highest BCUT2D eigenvalue weighted by molar-refractivity contribution is 7.91. The fourth-order valence-corrected chi connectivity index (χ4v) is 4.65. The van der Waals surface area contributed by atoms with Gasteiger partial charge in [0.25, 0.3) is 0 Å². The number of thiophene rings is 1. The molecule has 0 spiro atoms. The topological polar surface area (TPSA) is 85.8 Å². The number of nitrogens with zero attached hydrogens (tertiary/aromatic N) is 2. The molecule has 0 bridgehead atoms. The average molecular weight is 404 g/mol. The fraction of sp³-hybridized carbons (Fsp3) is 0.706. The summed E-state index contributed by atoms with van der Waals surface area (Å²) in [6.07, 6.45) is 0. The molecule has 150 valence electrons. The van der Waals surface area contributed by atoms with E-state index in [1.54, 1.807) is 17.5 Å². The summed E-state index contributed by atoms with van der Waals surface area (Å²) in [6.45, 7) is 13.9. The lowest BCUT2D eigenvalue weighted by atomic mass is 10.2. The molecule has 0 aromatic carbocycles. The molecule has 0 aliphatic rings. The number of hydrogen-bond donors (Lipinski definition) is 3. The predicted octanol–water partition coefficient (Wildman–Crippen LogP) is 1.70. The summed E-state index contributed by atoms with van der Waals surface area (Å²) in [4.78, 5) is 6.85. The number of rotatable bonds is 11. The highest BCUT2D eigenvalue weighted by atomic mass is 32.2. The van der Waals surface area contributed by atoms with Gasteiger partial charge in [0.2, 0.25) is 10.0 Å². The van der Waals surface area contributed by atoms with E-state index < -0.39 is 10.0 Å². The molecule has 26 heavy (non-hydrogen) atoms. The summed E-state index contributed by atoms with van der Waals surface area (Å²) in [5.74, 6) is 0.704. The lowest BCUT2D eigenvalue weighted by Crippen LogP contribution is -2.45. The van der Waals surface area contributed by atoms with E-state index in [2.05, 4.69) is 52.9 Å². The molecule has 3 N–H and O–H groups in total. The van der Waals surface area contributed by atoms with Crippen molar-refractivity contribution in [1.29, 1.82) is 0 Å². The van der Waals surface area contributed by atoms with Gasteiger partial charge in [-0.3, -0.25) is 9.89 Å². The second-order valence-corrected chi connectivity index (χ2v) is 9.38. The maximum absolute atomic E-state index is 12.1. The Kier molecular flexibility index (Phi) is 10.1. The number of hydrogen-bond acceptors (Lipinski definition) is 5. The molecule has 0 fully saturated rings. The summed E-state index contributed by atoms with van der Waals surface area (Å²) in [7, 11) is -3.42. The van der Waals surface area contributed by atoms with Crippen LogP contribution in [0, 0.1) is 0 Å². The van der Waals surface area contributed by atoms with Crippen molar-refractivity contribution in [2.45, 2.75) is 50.9 Å². The minimum absolute atomic E-state index is 0.265. The molecule has 0 aliphatic carbocycles. The maximum Gasteiger partial charge on any atom is 0.250 e. The van der Waals surface area contributed by atoms with Crippen LogP contribution in [0.5, 0.6) is 0 Å². The number of aliphatic imine (C=N–C) groups is 1. The van der Waals surface area contributed by atoms with E-state index >= 15 is 0 Å². The molecule has 0 saturated carbocycles. The van der Waals surface area contributed by atoms with Gasteiger partial charge in [0, 0.05) is 38.3 Å². The summed E-state index contributed by atoms with van der Waals surface area (Å²) >= 11 is 1.20. The zero-order valence-electron chi connectivity index (χ0n) is 16.4. The van der Waals surface area contributed by atoms with Crippen molar-refractivity contribution in [3.05, 3.63) is 17.5 Å². The molecule has 0 amide bonds. The largest absolute Gasteiger partial charge is 0.357 e. The normalized spacial score (nSPS) is 13.0. The molecule has 1 rings (SSSR count). The second kappa shape index (κ2) is 11.5. The van der Waals surface area contributed by atoms with Crippen LogP contribution in [0.3, 0.4) is 0 Å². The first-order chi connectivity index (χ1) is 12.3. The second-order valence-electron chi connectivity index (χ2n) is 6.44. The molecule has 1 aromatic rings. The summed E-state index contributed by atoms with van der Waals surface area (Å²) in [5.41, 5.74) is 0. The van der Waals surface area contributed by atoms with Crippen LogP contribution >= 0.6 is 11.3 Å². The first kappa shape index (κ1) is 22.9. The van der Waals surface area contributed by atoms with Crippen molar-refractivity contribution in [1.82, 2.24) is 20.3 Å². The van der Waals surface area contributed by atoms with Crippen LogP contribution in [0.15, 0.2) is 26.7 Å². The first-order valence-corrected chi connectivity index (χ1v) is 11.4. The number of guanidine groups is 1. The Balaban J connectivity index is 2.45. The lowest BCUT2D eigenvalue weighted by Gasteiger charge is -2.30. The SMILES string of the molecule is CCNC(=NCCNS(=O)(=O)c1cccs1)NCCN(C(C)C)C(C)C. The van der Waals surface area contributed by atoms with Gasteiger partial charge >= 0.3 is 0 Å². The Bertz CT molecular complexity index is 620. The van der Waals surface area contributed by atoms with Crippen LogP contribution in [-0.2, 0) is 10.0 Å². The Labute approximate surface area is 162 Å². The van der Waals surface area contributed by atoms with Gasteiger partial charge in [0.1, 0.15) is 4.21 Å². The molecule has 0 saturated heterocycles. The molecule has 9 heteroatoms. The number of sulfonamides is 1. The van der Waals surface area contributed by atoms with Crippen LogP contribution < -0.4 is 15.4 Å². The smallest absolute Gasteiger partial charge is 0.250 e. The third-order valence-corrected chi connectivity index (χ3v) is 6.63. The van der Waals surface area contributed by atoms with Gasteiger partial charge in [-0.25, -0.2) is 13.1 Å². The van der Waals surface area contributed by atoms with E-state index in [9.17, 15) is 8.42 Å². The summed E-state index contributed by atoms with van der Waals surface area (Å²) in [5, 5.41) is 8.24. The van der Waals surface area contributed by atoms with Crippen molar-refractivity contribution in [2.24, 2.45) is 4.99 Å². The Morgan fingerprint density at radius 3 is 2.42 bits per heavy atom. The lowest BCUT2D eigenvalue weighted by molar-refractivity contribution is 0.178. The minimum atomic E-state index is -3.42. The first-order valence-electron chi connectivity index (χ1n) is 9.09. The monoisotopic (exact) mass is 403 g/mol. The summed E-state index contributed by atoms with van der Waals surface area (Å²) in [6, 6.07) is 4.30. The van der Waals surface area contributed by atoms with E-state index in [-0.39, 0.29) is 6.54 Å². The van der Waals surface area contributed by atoms with Gasteiger partial charge in [0.15, 0.2) is 5.96 Å². The van der Waals surface area contributed by atoms with E-state index in [4.69, 9.17) is 0 Å². The highest BCUT2D eigenvalue weighted by Crippen LogP contribution is 2.14. The molecule has 0 atom stereocenters. The van der Waals surface area contributed by atoms with Crippen LogP contribution in [0.25, 0.3) is 0 Å². The van der Waals surface area contributed by atoms with Gasteiger partial charge < -0.3 is 10.6 Å². The number of nitrogens with one attached hydrogen (secondary N) is 3. The van der Waals surface area contributed by atoms with Gasteiger partial charge in [0.05, 0.1) is 6.54 Å². The highest BCUT2D eigenvalue weighted by Gasteiger charge is 2.14. The Morgan fingerprint density at radius 1 is 1.19 bits per heavy atom. The molecule has 1 heterocycles. The Hall–Kier alpha value is -1.16. The average Bonchev–Trinajstić information content (AvgIpc) is 3.10. The van der Waals surface area contributed by atoms with Crippen LogP contribution in [0.4, 0.5) is 0 Å².